The molecule has 2 N–H and O–H groups in total. The maximum absolute atomic E-state index is 11.9. The molecule has 1 aromatic heterocycles. The Kier molecular flexibility index (Phi) is 7.54. The fourth-order valence-electron chi connectivity index (χ4n) is 1.83. The number of ether oxygens (including phenoxy) is 1. The number of amides is 1. The summed E-state index contributed by atoms with van der Waals surface area (Å²) in [4.78, 5) is 18.0. The van der Waals surface area contributed by atoms with E-state index in [1.165, 1.54) is 0 Å². The van der Waals surface area contributed by atoms with Crippen LogP contribution in [0.15, 0.2) is 17.3 Å². The zero-order valence-electron chi connectivity index (χ0n) is 15.6. The maximum atomic E-state index is 11.9. The Morgan fingerprint density at radius 3 is 2.67 bits per heavy atom. The van der Waals surface area contributed by atoms with Gasteiger partial charge in [-0.2, -0.15) is 5.10 Å². The Balaban J connectivity index is 2.46. The van der Waals surface area contributed by atoms with E-state index in [2.05, 4.69) is 20.7 Å². The normalized spacial score (nSPS) is 12.0. The van der Waals surface area contributed by atoms with Gasteiger partial charge < -0.3 is 20.3 Å². The molecule has 1 rings (SSSR count). The molecule has 136 valence electrons. The van der Waals surface area contributed by atoms with Gasteiger partial charge in [0.15, 0.2) is 5.96 Å². The molecule has 0 fully saturated rings. The van der Waals surface area contributed by atoms with Crippen LogP contribution in [0.25, 0.3) is 0 Å². The molecule has 24 heavy (non-hydrogen) atoms. The zero-order valence-corrected chi connectivity index (χ0v) is 15.6. The van der Waals surface area contributed by atoms with Crippen LogP contribution >= 0.6 is 0 Å². The van der Waals surface area contributed by atoms with Crippen molar-refractivity contribution in [2.75, 3.05) is 26.7 Å². The van der Waals surface area contributed by atoms with Gasteiger partial charge in [-0.1, -0.05) is 0 Å². The Morgan fingerprint density at radius 1 is 1.42 bits per heavy atom. The van der Waals surface area contributed by atoms with E-state index in [-0.39, 0.29) is 6.09 Å². The molecule has 0 aliphatic heterocycles. The summed E-state index contributed by atoms with van der Waals surface area (Å²) in [6.07, 6.45) is 1.42. The highest BCUT2D eigenvalue weighted by molar-refractivity contribution is 5.79. The average Bonchev–Trinajstić information content (AvgIpc) is 2.88. The second kappa shape index (κ2) is 9.14. The lowest BCUT2D eigenvalue weighted by Gasteiger charge is -2.24. The van der Waals surface area contributed by atoms with Gasteiger partial charge in [0, 0.05) is 39.9 Å². The highest BCUT2D eigenvalue weighted by Crippen LogP contribution is 2.08. The zero-order chi connectivity index (χ0) is 18.2. The highest BCUT2D eigenvalue weighted by atomic mass is 16.6. The number of carbonyl (C=O) groups is 1. The molecule has 0 spiro atoms. The SMILES string of the molecule is CCNC(=NCc1ccnn1C)NCCN(C)C(=O)OC(C)(C)C. The molecule has 1 aromatic rings. The number of aliphatic imine (C=N–C) groups is 1. The molecule has 8 heteroatoms. The number of rotatable bonds is 6. The Labute approximate surface area is 144 Å². The van der Waals surface area contributed by atoms with Crippen LogP contribution in [0, 0.1) is 0 Å². The molecule has 0 aromatic carbocycles. The van der Waals surface area contributed by atoms with Crippen LogP contribution in [-0.2, 0) is 18.3 Å². The first kappa shape index (κ1) is 19.8. The quantitative estimate of drug-likeness (QED) is 0.604. The van der Waals surface area contributed by atoms with Gasteiger partial charge in [0.2, 0.25) is 0 Å². The smallest absolute Gasteiger partial charge is 0.410 e. The van der Waals surface area contributed by atoms with Gasteiger partial charge in [0.1, 0.15) is 5.60 Å². The van der Waals surface area contributed by atoms with E-state index in [4.69, 9.17) is 4.74 Å². The number of nitrogens with one attached hydrogen (secondary N) is 2. The highest BCUT2D eigenvalue weighted by Gasteiger charge is 2.19. The van der Waals surface area contributed by atoms with Crippen LogP contribution in [0.1, 0.15) is 33.4 Å². The van der Waals surface area contributed by atoms with Crippen molar-refractivity contribution in [3.8, 4) is 0 Å². The predicted molar refractivity (Wildman–Crippen MR) is 94.9 cm³/mol. The Morgan fingerprint density at radius 2 is 2.12 bits per heavy atom. The molecular formula is C16H30N6O2. The summed E-state index contributed by atoms with van der Waals surface area (Å²) >= 11 is 0. The molecule has 0 saturated heterocycles. The van der Waals surface area contributed by atoms with Crippen molar-refractivity contribution in [3.05, 3.63) is 18.0 Å². The summed E-state index contributed by atoms with van der Waals surface area (Å²) in [7, 11) is 3.61. The van der Waals surface area contributed by atoms with Gasteiger partial charge in [-0.3, -0.25) is 4.68 Å². The number of guanidine groups is 1. The Bertz CT molecular complexity index is 547. The van der Waals surface area contributed by atoms with E-state index < -0.39 is 5.60 Å². The lowest BCUT2D eigenvalue weighted by molar-refractivity contribution is 0.0302. The molecule has 0 unspecified atom stereocenters. The second-order valence-corrected chi connectivity index (χ2v) is 6.47. The third kappa shape index (κ3) is 7.34. The first-order valence-electron chi connectivity index (χ1n) is 8.16. The van der Waals surface area contributed by atoms with Crippen LogP contribution in [0.3, 0.4) is 0 Å². The van der Waals surface area contributed by atoms with Crippen molar-refractivity contribution in [2.45, 2.75) is 39.8 Å². The van der Waals surface area contributed by atoms with Gasteiger partial charge in [0.25, 0.3) is 0 Å². The lowest BCUT2D eigenvalue weighted by atomic mass is 10.2. The number of likely N-dealkylation sites (N-methyl/N-ethyl adjacent to an activating group) is 1. The number of hydrogen-bond acceptors (Lipinski definition) is 4. The Hall–Kier alpha value is -2.25. The fourth-order valence-corrected chi connectivity index (χ4v) is 1.83. The van der Waals surface area contributed by atoms with Gasteiger partial charge in [-0.05, 0) is 33.8 Å². The molecule has 8 nitrogen and oxygen atoms in total. The van der Waals surface area contributed by atoms with Crippen molar-refractivity contribution in [1.29, 1.82) is 0 Å². The number of aromatic nitrogens is 2. The molecule has 1 heterocycles. The third-order valence-electron chi connectivity index (χ3n) is 3.11. The molecule has 0 aliphatic rings. The number of hydrogen-bond donors (Lipinski definition) is 2. The standard InChI is InChI=1S/C16H30N6O2/c1-7-17-14(19-12-13-8-9-20-22(13)6)18-10-11-21(5)15(23)24-16(2,3)4/h8-9H,7,10-12H2,1-6H3,(H2,17,18,19). The van der Waals surface area contributed by atoms with Crippen LogP contribution in [-0.4, -0.2) is 59.0 Å². The minimum absolute atomic E-state index is 0.332. The minimum atomic E-state index is -0.488. The molecule has 0 atom stereocenters. The van der Waals surface area contributed by atoms with Crippen molar-refractivity contribution < 1.29 is 9.53 Å². The third-order valence-corrected chi connectivity index (χ3v) is 3.11. The van der Waals surface area contributed by atoms with E-state index in [1.807, 2.05) is 40.8 Å². The summed E-state index contributed by atoms with van der Waals surface area (Å²) in [6, 6.07) is 1.93. The summed E-state index contributed by atoms with van der Waals surface area (Å²) < 4.78 is 7.11. The maximum Gasteiger partial charge on any atom is 0.410 e. The van der Waals surface area contributed by atoms with Crippen LogP contribution in [0.2, 0.25) is 0 Å². The summed E-state index contributed by atoms with van der Waals surface area (Å²) in [5.41, 5.74) is 0.538. The topological polar surface area (TPSA) is 83.8 Å². The summed E-state index contributed by atoms with van der Waals surface area (Å²) in [6.45, 7) is 9.96. The van der Waals surface area contributed by atoms with Crippen LogP contribution in [0.5, 0.6) is 0 Å². The average molecular weight is 338 g/mol. The van der Waals surface area contributed by atoms with Gasteiger partial charge >= 0.3 is 6.09 Å². The lowest BCUT2D eigenvalue weighted by Crippen LogP contribution is -2.43. The molecular weight excluding hydrogens is 308 g/mol. The first-order valence-corrected chi connectivity index (χ1v) is 8.16. The van der Waals surface area contributed by atoms with Crippen molar-refractivity contribution in [1.82, 2.24) is 25.3 Å². The van der Waals surface area contributed by atoms with E-state index in [9.17, 15) is 4.79 Å². The van der Waals surface area contributed by atoms with Gasteiger partial charge in [-0.25, -0.2) is 9.79 Å². The predicted octanol–water partition coefficient (Wildman–Crippen LogP) is 1.34. The first-order chi connectivity index (χ1) is 11.2. The fraction of sp³-hybridized carbons (Fsp3) is 0.688. The minimum Gasteiger partial charge on any atom is -0.444 e. The van der Waals surface area contributed by atoms with E-state index in [0.717, 1.165) is 12.2 Å². The molecule has 0 saturated carbocycles. The number of carbonyl (C=O) groups excluding carboxylic acids is 1. The molecule has 0 aliphatic carbocycles. The van der Waals surface area contributed by atoms with Gasteiger partial charge in [-0.15, -0.1) is 0 Å². The van der Waals surface area contributed by atoms with E-state index >= 15 is 0 Å². The van der Waals surface area contributed by atoms with Gasteiger partial charge in [0.05, 0.1) is 12.2 Å². The van der Waals surface area contributed by atoms with E-state index in [1.54, 1.807) is 22.8 Å². The summed E-state index contributed by atoms with van der Waals surface area (Å²) in [5.74, 6) is 0.705. The summed E-state index contributed by atoms with van der Waals surface area (Å²) in [5, 5.41) is 10.5. The molecule has 1 amide bonds. The molecule has 0 bridgehead atoms. The number of nitrogens with zero attached hydrogens (tertiary/aromatic N) is 4. The largest absolute Gasteiger partial charge is 0.444 e. The van der Waals surface area contributed by atoms with Crippen molar-refractivity contribution in [2.24, 2.45) is 12.0 Å². The number of aryl methyl sites for hydroxylation is 1. The van der Waals surface area contributed by atoms with Crippen LogP contribution in [0.4, 0.5) is 4.79 Å². The van der Waals surface area contributed by atoms with Crippen molar-refractivity contribution in [3.63, 3.8) is 0 Å². The van der Waals surface area contributed by atoms with E-state index in [0.29, 0.717) is 25.6 Å². The monoisotopic (exact) mass is 338 g/mol. The second-order valence-electron chi connectivity index (χ2n) is 6.47. The van der Waals surface area contributed by atoms with Crippen LogP contribution < -0.4 is 10.6 Å². The van der Waals surface area contributed by atoms with Crippen molar-refractivity contribution >= 4 is 12.1 Å². The molecule has 0 radical (unpaired) electrons.